The van der Waals surface area contributed by atoms with Gasteiger partial charge in [-0.25, -0.2) is 13.1 Å². The van der Waals surface area contributed by atoms with Crippen molar-refractivity contribution in [2.75, 3.05) is 6.54 Å². The summed E-state index contributed by atoms with van der Waals surface area (Å²) in [7, 11) is -3.89. The van der Waals surface area contributed by atoms with Crippen LogP contribution in [0.2, 0.25) is 0 Å². The minimum atomic E-state index is -3.89. The van der Waals surface area contributed by atoms with E-state index in [0.717, 1.165) is 19.3 Å². The number of nitro benzene ring substituents is 1. The van der Waals surface area contributed by atoms with Crippen molar-refractivity contribution < 1.29 is 13.3 Å². The highest BCUT2D eigenvalue weighted by Gasteiger charge is 2.28. The molecule has 0 spiro atoms. The second kappa shape index (κ2) is 13.2. The third kappa shape index (κ3) is 8.70. The molecule has 27 heavy (non-hydrogen) atoms. The van der Waals surface area contributed by atoms with E-state index < -0.39 is 14.9 Å². The molecule has 6 nitrogen and oxygen atoms in total. The lowest BCUT2D eigenvalue weighted by Gasteiger charge is -2.09. The van der Waals surface area contributed by atoms with Gasteiger partial charge in [0, 0.05) is 17.4 Å². The number of hydrogen-bond donors (Lipinski definition) is 1. The lowest BCUT2D eigenvalue weighted by molar-refractivity contribution is -0.388. The number of nitro groups is 1. The molecule has 154 valence electrons. The number of nitrogens with zero attached hydrogens (tertiary/aromatic N) is 1. The van der Waals surface area contributed by atoms with Crippen molar-refractivity contribution in [3.05, 3.63) is 33.9 Å². The van der Waals surface area contributed by atoms with Crippen LogP contribution in [0.1, 0.15) is 76.7 Å². The van der Waals surface area contributed by atoms with Crippen LogP contribution in [0.25, 0.3) is 0 Å². The first-order chi connectivity index (χ1) is 12.9. The average Bonchev–Trinajstić information content (AvgIpc) is 2.65. The molecule has 0 aliphatic heterocycles. The van der Waals surface area contributed by atoms with E-state index in [9.17, 15) is 18.5 Å². The molecular formula is C19H31BrN2O4S. The number of unbranched alkanes of at least 4 members (excludes halogenated alkanes) is 9. The fourth-order valence-corrected chi connectivity index (χ4v) is 4.74. The average molecular weight is 463 g/mol. The van der Waals surface area contributed by atoms with Gasteiger partial charge in [0.15, 0.2) is 4.90 Å². The second-order valence-corrected chi connectivity index (χ2v) is 9.03. The standard InChI is InChI=1S/C19H31BrN2O4S/c1-2-3-4-5-6-7-8-9-10-11-15-21-27(25,26)18-14-12-13-17(16-20)19(18)22(23)24/h12-14,21H,2-11,15-16H2,1H3. The summed E-state index contributed by atoms with van der Waals surface area (Å²) in [6.07, 6.45) is 11.7. The van der Waals surface area contributed by atoms with Crippen LogP contribution in [0, 0.1) is 10.1 Å². The van der Waals surface area contributed by atoms with Crippen LogP contribution >= 0.6 is 15.9 Å². The highest BCUT2D eigenvalue weighted by molar-refractivity contribution is 9.08. The Balaban J connectivity index is 2.38. The van der Waals surface area contributed by atoms with E-state index in [2.05, 4.69) is 27.6 Å². The van der Waals surface area contributed by atoms with Crippen molar-refractivity contribution in [1.29, 1.82) is 0 Å². The molecule has 0 fully saturated rings. The molecule has 0 aliphatic rings. The van der Waals surface area contributed by atoms with E-state index in [1.807, 2.05) is 0 Å². The van der Waals surface area contributed by atoms with Crippen LogP contribution in [0.15, 0.2) is 23.1 Å². The van der Waals surface area contributed by atoms with Gasteiger partial charge in [0.2, 0.25) is 10.0 Å². The molecule has 0 radical (unpaired) electrons. The van der Waals surface area contributed by atoms with E-state index in [0.29, 0.717) is 12.1 Å². The first-order valence-electron chi connectivity index (χ1n) is 9.76. The van der Waals surface area contributed by atoms with Crippen molar-refractivity contribution in [3.8, 4) is 0 Å². The van der Waals surface area contributed by atoms with Crippen LogP contribution in [-0.4, -0.2) is 19.9 Å². The third-order valence-corrected chi connectivity index (χ3v) is 6.62. The number of halogens is 1. The van der Waals surface area contributed by atoms with Crippen molar-refractivity contribution in [2.45, 2.75) is 81.4 Å². The van der Waals surface area contributed by atoms with Gasteiger partial charge < -0.3 is 0 Å². The van der Waals surface area contributed by atoms with Gasteiger partial charge in [0.1, 0.15) is 0 Å². The van der Waals surface area contributed by atoms with Crippen LogP contribution < -0.4 is 4.72 Å². The number of alkyl halides is 1. The predicted octanol–water partition coefficient (Wildman–Crippen LogP) is 5.69. The molecular weight excluding hydrogens is 432 g/mol. The van der Waals surface area contributed by atoms with E-state index in [-0.39, 0.29) is 15.9 Å². The normalized spacial score (nSPS) is 11.6. The molecule has 0 aliphatic carbocycles. The minimum Gasteiger partial charge on any atom is -0.258 e. The SMILES string of the molecule is CCCCCCCCCCCCNS(=O)(=O)c1cccc(CBr)c1[N+](=O)[O-]. The Labute approximate surface area is 171 Å². The molecule has 1 N–H and O–H groups in total. The molecule has 0 bridgehead atoms. The second-order valence-electron chi connectivity index (χ2n) is 6.73. The molecule has 1 aromatic carbocycles. The van der Waals surface area contributed by atoms with Gasteiger partial charge in [0.25, 0.3) is 5.69 Å². The predicted molar refractivity (Wildman–Crippen MR) is 113 cm³/mol. The first-order valence-corrected chi connectivity index (χ1v) is 12.4. The van der Waals surface area contributed by atoms with Crippen LogP contribution in [-0.2, 0) is 15.4 Å². The Morgan fingerprint density at radius 1 is 1.00 bits per heavy atom. The summed E-state index contributed by atoms with van der Waals surface area (Å²) in [5, 5.41) is 11.5. The summed E-state index contributed by atoms with van der Waals surface area (Å²) >= 11 is 3.17. The molecule has 0 amide bonds. The summed E-state index contributed by atoms with van der Waals surface area (Å²) in [5.74, 6) is 0. The summed E-state index contributed by atoms with van der Waals surface area (Å²) < 4.78 is 27.4. The number of hydrogen-bond acceptors (Lipinski definition) is 4. The molecule has 0 saturated carbocycles. The molecule has 8 heteroatoms. The van der Waals surface area contributed by atoms with Gasteiger partial charge >= 0.3 is 0 Å². The van der Waals surface area contributed by atoms with Crippen molar-refractivity contribution >= 4 is 31.6 Å². The summed E-state index contributed by atoms with van der Waals surface area (Å²) in [5.41, 5.74) is -0.00763. The topological polar surface area (TPSA) is 89.3 Å². The highest BCUT2D eigenvalue weighted by atomic mass is 79.9. The Kier molecular flexibility index (Phi) is 11.8. The number of benzene rings is 1. The maximum atomic E-state index is 12.5. The van der Waals surface area contributed by atoms with E-state index in [1.54, 1.807) is 6.07 Å². The Hall–Kier alpha value is -0.990. The smallest absolute Gasteiger partial charge is 0.258 e. The zero-order chi connectivity index (χ0) is 20.1. The fraction of sp³-hybridized carbons (Fsp3) is 0.684. The van der Waals surface area contributed by atoms with Gasteiger partial charge in [-0.05, 0) is 12.5 Å². The third-order valence-electron chi connectivity index (χ3n) is 4.52. The van der Waals surface area contributed by atoms with Crippen LogP contribution in [0.3, 0.4) is 0 Å². The molecule has 1 aromatic rings. The molecule has 0 unspecified atom stereocenters. The van der Waals surface area contributed by atoms with Crippen molar-refractivity contribution in [1.82, 2.24) is 4.72 Å². The van der Waals surface area contributed by atoms with Gasteiger partial charge in [-0.15, -0.1) is 0 Å². The number of rotatable bonds is 15. The van der Waals surface area contributed by atoms with Crippen LogP contribution in [0.4, 0.5) is 5.69 Å². The highest BCUT2D eigenvalue weighted by Crippen LogP contribution is 2.29. The number of para-hydroxylation sites is 1. The summed E-state index contributed by atoms with van der Waals surface area (Å²) in [6.45, 7) is 2.51. The Morgan fingerprint density at radius 2 is 1.56 bits per heavy atom. The minimum absolute atomic E-state index is 0.227. The largest absolute Gasteiger partial charge is 0.293 e. The lowest BCUT2D eigenvalue weighted by Crippen LogP contribution is -2.25. The zero-order valence-corrected chi connectivity index (χ0v) is 18.5. The van der Waals surface area contributed by atoms with E-state index in [1.165, 1.54) is 57.1 Å². The van der Waals surface area contributed by atoms with Gasteiger partial charge in [-0.1, -0.05) is 92.8 Å². The van der Waals surface area contributed by atoms with Crippen LogP contribution in [0.5, 0.6) is 0 Å². The molecule has 0 saturated heterocycles. The van der Waals surface area contributed by atoms with E-state index >= 15 is 0 Å². The van der Waals surface area contributed by atoms with Gasteiger partial charge in [-0.3, -0.25) is 10.1 Å². The molecule has 0 aromatic heterocycles. The first kappa shape index (κ1) is 24.0. The molecule has 0 atom stereocenters. The van der Waals surface area contributed by atoms with Gasteiger partial charge in [0.05, 0.1) is 4.92 Å². The van der Waals surface area contributed by atoms with Crippen molar-refractivity contribution in [2.24, 2.45) is 0 Å². The molecule has 0 heterocycles. The maximum Gasteiger partial charge on any atom is 0.293 e. The Bertz CT molecular complexity index is 680. The Morgan fingerprint density at radius 3 is 2.07 bits per heavy atom. The number of sulfonamides is 1. The summed E-state index contributed by atoms with van der Waals surface area (Å²) in [6, 6.07) is 4.36. The number of nitrogens with one attached hydrogen (secondary N) is 1. The zero-order valence-electron chi connectivity index (χ0n) is 16.1. The quantitative estimate of drug-likeness (QED) is 0.157. The molecule has 1 rings (SSSR count). The van der Waals surface area contributed by atoms with Gasteiger partial charge in [-0.2, -0.15) is 0 Å². The lowest BCUT2D eigenvalue weighted by atomic mass is 10.1. The summed E-state index contributed by atoms with van der Waals surface area (Å²) in [4.78, 5) is 10.4. The van der Waals surface area contributed by atoms with Crippen molar-refractivity contribution in [3.63, 3.8) is 0 Å². The monoisotopic (exact) mass is 462 g/mol. The van der Waals surface area contributed by atoms with E-state index in [4.69, 9.17) is 0 Å². The maximum absolute atomic E-state index is 12.5. The fourth-order valence-electron chi connectivity index (χ4n) is 3.00.